The summed E-state index contributed by atoms with van der Waals surface area (Å²) in [6, 6.07) is 24.3. The van der Waals surface area contributed by atoms with E-state index in [1.165, 1.54) is 27.2 Å². The summed E-state index contributed by atoms with van der Waals surface area (Å²) < 4.78 is 5.77. The molecule has 1 aliphatic carbocycles. The van der Waals surface area contributed by atoms with Gasteiger partial charge in [0, 0.05) is 16.4 Å². The topological polar surface area (TPSA) is 55.4 Å². The van der Waals surface area contributed by atoms with Crippen LogP contribution >= 0.6 is 10.9 Å². The lowest BCUT2D eigenvalue weighted by molar-refractivity contribution is 0.112. The molecular weight excluding hydrogens is 466 g/mol. The van der Waals surface area contributed by atoms with Crippen LogP contribution in [0.15, 0.2) is 89.9 Å². The average molecular weight is 498 g/mol. The fourth-order valence-electron chi connectivity index (χ4n) is 5.15. The van der Waals surface area contributed by atoms with E-state index in [0.29, 0.717) is 11.4 Å². The largest absolute Gasteiger partial charge is 0.449 e. The number of hydrogen-bond donors (Lipinski definition) is 2. The zero-order valence-corrected chi connectivity index (χ0v) is 21.7. The van der Waals surface area contributed by atoms with E-state index in [0.717, 1.165) is 16.8 Å². The molecule has 3 aromatic carbocycles. The second-order valence-electron chi connectivity index (χ2n) is 10.1. The van der Waals surface area contributed by atoms with E-state index in [-0.39, 0.29) is 17.9 Å². The van der Waals surface area contributed by atoms with Crippen molar-refractivity contribution in [2.24, 2.45) is 5.41 Å². The number of thiol groups is 1. The summed E-state index contributed by atoms with van der Waals surface area (Å²) in [6.45, 7) is 6.84. The van der Waals surface area contributed by atoms with Crippen molar-refractivity contribution in [3.05, 3.63) is 112 Å². The number of rotatable bonds is 6. The Hall–Kier alpha value is -3.57. The molecule has 1 amide bonds. The smallest absolute Gasteiger partial charge is 0.407 e. The number of hydrogen-bond acceptors (Lipinski definition) is 3. The van der Waals surface area contributed by atoms with Crippen molar-refractivity contribution in [2.75, 3.05) is 12.5 Å². The van der Waals surface area contributed by atoms with Crippen molar-refractivity contribution in [1.82, 2.24) is 5.32 Å². The van der Waals surface area contributed by atoms with Crippen LogP contribution in [0.4, 0.5) is 4.79 Å². The number of alkyl carbamates (subject to hydrolysis) is 1. The predicted octanol–water partition coefficient (Wildman–Crippen LogP) is 7.28. The molecule has 0 bridgehead atoms. The van der Waals surface area contributed by atoms with E-state index in [1.54, 1.807) is 0 Å². The SMILES string of the molecule is CC(C)(C)C1=CC=C(c2ccccc2C=O)[SH]1CNC(=O)OCC1c2ccccc2-c2ccccc21. The van der Waals surface area contributed by atoms with E-state index in [2.05, 4.69) is 62.5 Å². The summed E-state index contributed by atoms with van der Waals surface area (Å²) in [5, 5.41) is 3.03. The Balaban J connectivity index is 1.29. The molecule has 0 fully saturated rings. The van der Waals surface area contributed by atoms with E-state index in [1.807, 2.05) is 48.5 Å². The van der Waals surface area contributed by atoms with Crippen molar-refractivity contribution in [3.63, 3.8) is 0 Å². The maximum absolute atomic E-state index is 12.9. The van der Waals surface area contributed by atoms with Crippen LogP contribution in [0, 0.1) is 5.41 Å². The summed E-state index contributed by atoms with van der Waals surface area (Å²) in [6.07, 6.45) is 4.75. The van der Waals surface area contributed by atoms with Crippen LogP contribution in [0.1, 0.15) is 53.7 Å². The molecule has 1 heterocycles. The van der Waals surface area contributed by atoms with Gasteiger partial charge in [0.25, 0.3) is 0 Å². The van der Waals surface area contributed by atoms with Gasteiger partial charge in [-0.15, -0.1) is 0 Å². The number of ether oxygens (including phenoxy) is 1. The van der Waals surface area contributed by atoms with E-state index in [9.17, 15) is 9.59 Å². The molecule has 0 saturated heterocycles. The molecule has 3 aromatic rings. The number of carbonyl (C=O) groups excluding carboxylic acids is 2. The van der Waals surface area contributed by atoms with Crippen molar-refractivity contribution >= 4 is 28.2 Å². The van der Waals surface area contributed by atoms with Crippen LogP contribution in [-0.4, -0.2) is 24.9 Å². The molecule has 0 saturated carbocycles. The third-order valence-electron chi connectivity index (χ3n) is 6.84. The summed E-state index contributed by atoms with van der Waals surface area (Å²) in [7, 11) is -0.845. The molecule has 1 atom stereocenters. The van der Waals surface area contributed by atoms with Crippen LogP contribution in [0.5, 0.6) is 0 Å². The molecule has 4 nitrogen and oxygen atoms in total. The van der Waals surface area contributed by atoms with Gasteiger partial charge < -0.3 is 10.1 Å². The lowest BCUT2D eigenvalue weighted by Crippen LogP contribution is -2.28. The first-order valence-corrected chi connectivity index (χ1v) is 13.7. The molecule has 0 radical (unpaired) electrons. The Labute approximate surface area is 215 Å². The molecule has 1 aliphatic heterocycles. The van der Waals surface area contributed by atoms with E-state index in [4.69, 9.17) is 4.74 Å². The van der Waals surface area contributed by atoms with Crippen molar-refractivity contribution in [1.29, 1.82) is 0 Å². The molecule has 0 spiro atoms. The van der Waals surface area contributed by atoms with Gasteiger partial charge >= 0.3 is 6.09 Å². The normalized spacial score (nSPS) is 17.6. The number of aldehydes is 1. The molecule has 1 unspecified atom stereocenters. The van der Waals surface area contributed by atoms with Gasteiger partial charge in [0.1, 0.15) is 6.61 Å². The maximum atomic E-state index is 12.9. The molecule has 5 heteroatoms. The van der Waals surface area contributed by atoms with Crippen LogP contribution in [-0.2, 0) is 4.74 Å². The first-order chi connectivity index (χ1) is 17.4. The standard InChI is InChI=1S/C31H31NO3S/c1-31(2,3)29-17-16-28(22-11-5-4-10-21(22)18-33)36(29)20-32-30(34)35-19-27-25-14-8-6-12-23(25)24-13-7-9-15-26(24)27/h4-18,27,36H,19-20H2,1-3H3,(H,32,34). The highest BCUT2D eigenvalue weighted by Crippen LogP contribution is 2.58. The molecule has 184 valence electrons. The minimum Gasteiger partial charge on any atom is -0.449 e. The monoisotopic (exact) mass is 497 g/mol. The van der Waals surface area contributed by atoms with E-state index < -0.39 is 17.0 Å². The zero-order chi connectivity index (χ0) is 25.3. The number of benzene rings is 3. The van der Waals surface area contributed by atoms with Gasteiger partial charge in [-0.25, -0.2) is 4.79 Å². The summed E-state index contributed by atoms with van der Waals surface area (Å²) >= 11 is 0. The Morgan fingerprint density at radius 1 is 0.889 bits per heavy atom. The molecular formula is C31H31NO3S. The lowest BCUT2D eigenvalue weighted by atomic mass is 9.96. The fraction of sp³-hybridized carbons (Fsp3) is 0.226. The summed E-state index contributed by atoms with van der Waals surface area (Å²) in [5.74, 6) is 0.494. The zero-order valence-electron chi connectivity index (χ0n) is 20.8. The first kappa shape index (κ1) is 24.1. The Bertz CT molecular complexity index is 1340. The van der Waals surface area contributed by atoms with Gasteiger partial charge in [-0.3, -0.25) is 4.79 Å². The molecule has 36 heavy (non-hydrogen) atoms. The molecule has 1 N–H and O–H groups in total. The van der Waals surface area contributed by atoms with E-state index >= 15 is 0 Å². The van der Waals surface area contributed by atoms with Crippen molar-refractivity contribution in [2.45, 2.75) is 26.7 Å². The third-order valence-corrected chi connectivity index (χ3v) is 9.69. The quantitative estimate of drug-likeness (QED) is 0.278. The van der Waals surface area contributed by atoms with Gasteiger partial charge in [0.15, 0.2) is 6.29 Å². The number of nitrogens with one attached hydrogen (secondary N) is 1. The Morgan fingerprint density at radius 3 is 2.08 bits per heavy atom. The van der Waals surface area contributed by atoms with Gasteiger partial charge in [-0.05, 0) is 44.2 Å². The number of fused-ring (bicyclic) bond motifs is 3. The fourth-order valence-corrected chi connectivity index (χ4v) is 7.85. The average Bonchev–Trinajstić information content (AvgIpc) is 3.46. The number of amides is 1. The minimum absolute atomic E-state index is 0.0281. The van der Waals surface area contributed by atoms with Crippen LogP contribution in [0.3, 0.4) is 0 Å². The Morgan fingerprint density at radius 2 is 1.47 bits per heavy atom. The third kappa shape index (κ3) is 4.51. The first-order valence-electron chi connectivity index (χ1n) is 12.2. The van der Waals surface area contributed by atoms with Crippen molar-refractivity contribution in [3.8, 4) is 11.1 Å². The van der Waals surface area contributed by atoms with Crippen LogP contribution in [0.25, 0.3) is 16.0 Å². The highest BCUT2D eigenvalue weighted by Gasteiger charge is 2.31. The minimum atomic E-state index is -0.845. The second kappa shape index (κ2) is 9.82. The molecule has 2 aliphatic rings. The maximum Gasteiger partial charge on any atom is 0.407 e. The van der Waals surface area contributed by atoms with Gasteiger partial charge in [-0.2, -0.15) is 10.9 Å². The highest BCUT2D eigenvalue weighted by molar-refractivity contribution is 8.28. The van der Waals surface area contributed by atoms with Crippen molar-refractivity contribution < 1.29 is 14.3 Å². The number of carbonyl (C=O) groups is 2. The second-order valence-corrected chi connectivity index (χ2v) is 12.3. The van der Waals surface area contributed by atoms with Gasteiger partial charge in [0.2, 0.25) is 0 Å². The predicted molar refractivity (Wildman–Crippen MR) is 149 cm³/mol. The summed E-state index contributed by atoms with van der Waals surface area (Å²) in [5.41, 5.74) is 6.35. The number of allylic oxidation sites excluding steroid dienone is 3. The Kier molecular flexibility index (Phi) is 6.59. The highest BCUT2D eigenvalue weighted by atomic mass is 32.2. The van der Waals surface area contributed by atoms with Crippen LogP contribution < -0.4 is 5.32 Å². The van der Waals surface area contributed by atoms with Gasteiger partial charge in [-0.1, -0.05) is 99.6 Å². The summed E-state index contributed by atoms with van der Waals surface area (Å²) in [4.78, 5) is 27.0. The molecule has 5 rings (SSSR count). The van der Waals surface area contributed by atoms with Gasteiger partial charge in [0.05, 0.1) is 5.88 Å². The lowest BCUT2D eigenvalue weighted by Gasteiger charge is -2.32. The molecule has 0 aromatic heterocycles. The van der Waals surface area contributed by atoms with Crippen LogP contribution in [0.2, 0.25) is 0 Å².